The molecule has 3 aromatic rings. The molecule has 0 saturated heterocycles. The molecule has 1 atom stereocenters. The smallest absolute Gasteiger partial charge is 0.229 e. The second kappa shape index (κ2) is 9.01. The Labute approximate surface area is 165 Å². The van der Waals surface area contributed by atoms with Crippen molar-refractivity contribution in [1.82, 2.24) is 19.7 Å². The summed E-state index contributed by atoms with van der Waals surface area (Å²) in [7, 11) is 0. The Morgan fingerprint density at radius 2 is 1.93 bits per heavy atom. The molecule has 3 rings (SSSR count). The third-order valence-electron chi connectivity index (χ3n) is 3.74. The molecule has 1 aromatic carbocycles. The maximum Gasteiger partial charge on any atom is 0.229 e. The van der Waals surface area contributed by atoms with Gasteiger partial charge < -0.3 is 20.8 Å². The summed E-state index contributed by atoms with van der Waals surface area (Å²) < 4.78 is 1.59. The van der Waals surface area contributed by atoms with Gasteiger partial charge in [-0.3, -0.25) is 4.68 Å². The number of aromatic nitrogens is 4. The zero-order valence-corrected chi connectivity index (χ0v) is 15.7. The van der Waals surface area contributed by atoms with Crippen molar-refractivity contribution in [3.63, 3.8) is 0 Å². The molecule has 1 unspecified atom stereocenters. The highest BCUT2D eigenvalue weighted by Crippen LogP contribution is 2.28. The third kappa shape index (κ3) is 4.86. The molecule has 10 heteroatoms. The van der Waals surface area contributed by atoms with E-state index in [-0.39, 0.29) is 13.2 Å². The minimum atomic E-state index is -0.480. The van der Waals surface area contributed by atoms with Crippen molar-refractivity contribution in [1.29, 1.82) is 0 Å². The van der Waals surface area contributed by atoms with E-state index in [0.29, 0.717) is 34.0 Å². The maximum absolute atomic E-state index is 9.76. The van der Waals surface area contributed by atoms with Crippen LogP contribution in [0.25, 0.3) is 0 Å². The van der Waals surface area contributed by atoms with Crippen LogP contribution in [0.2, 0.25) is 10.0 Å². The van der Waals surface area contributed by atoms with Crippen LogP contribution in [0.3, 0.4) is 0 Å². The molecular weight excluding hydrogens is 391 g/mol. The molecule has 0 aliphatic heterocycles. The predicted molar refractivity (Wildman–Crippen MR) is 105 cm³/mol. The molecule has 2 aromatic heterocycles. The fourth-order valence-electron chi connectivity index (χ4n) is 2.46. The van der Waals surface area contributed by atoms with Crippen LogP contribution in [0, 0.1) is 0 Å². The lowest BCUT2D eigenvalue weighted by Gasteiger charge is -2.19. The number of hydrogen-bond acceptors (Lipinski definition) is 7. The number of nitrogens with one attached hydrogen (secondary N) is 2. The average molecular weight is 409 g/mol. The van der Waals surface area contributed by atoms with E-state index in [0.717, 1.165) is 5.56 Å². The summed E-state index contributed by atoms with van der Waals surface area (Å²) in [5.41, 5.74) is 1.40. The second-order valence-corrected chi connectivity index (χ2v) is 6.45. The van der Waals surface area contributed by atoms with Crippen molar-refractivity contribution in [3.05, 3.63) is 58.5 Å². The van der Waals surface area contributed by atoms with Crippen molar-refractivity contribution in [3.8, 4) is 0 Å². The molecule has 0 aliphatic carbocycles. The van der Waals surface area contributed by atoms with Gasteiger partial charge in [0.1, 0.15) is 5.02 Å². The number of rotatable bonds is 8. The van der Waals surface area contributed by atoms with Crippen LogP contribution in [0.5, 0.6) is 0 Å². The van der Waals surface area contributed by atoms with Gasteiger partial charge in [-0.05, 0) is 11.6 Å². The number of anilines is 3. The van der Waals surface area contributed by atoms with E-state index in [9.17, 15) is 5.11 Å². The Hall–Kier alpha value is -2.39. The van der Waals surface area contributed by atoms with Crippen molar-refractivity contribution in [2.75, 3.05) is 23.8 Å². The Morgan fingerprint density at radius 3 is 2.67 bits per heavy atom. The van der Waals surface area contributed by atoms with E-state index in [1.165, 1.54) is 6.20 Å². The van der Waals surface area contributed by atoms with Gasteiger partial charge in [0.15, 0.2) is 5.82 Å². The summed E-state index contributed by atoms with van der Waals surface area (Å²) >= 11 is 12.4. The topological polar surface area (TPSA) is 108 Å². The Morgan fingerprint density at radius 1 is 1.11 bits per heavy atom. The number of aliphatic hydroxyl groups excluding tert-OH is 2. The normalized spacial score (nSPS) is 12.0. The van der Waals surface area contributed by atoms with Crippen LogP contribution in [0.1, 0.15) is 11.6 Å². The van der Waals surface area contributed by atoms with Crippen molar-refractivity contribution >= 4 is 40.7 Å². The standard InChI is InChI=1S/C17H18Cl2N6O2/c18-13-4-2-1-3-12(13)15(10-27)23-16-14(19)8-20-17(24-16)22-11-7-21-25(9-11)5-6-26/h1-4,7-9,15,26-27H,5-6,10H2,(H2,20,22,23,24). The lowest BCUT2D eigenvalue weighted by Crippen LogP contribution is -2.17. The Kier molecular flexibility index (Phi) is 6.46. The minimum absolute atomic E-state index is 0.00275. The second-order valence-electron chi connectivity index (χ2n) is 5.63. The zero-order chi connectivity index (χ0) is 19.2. The van der Waals surface area contributed by atoms with Crippen molar-refractivity contribution in [2.45, 2.75) is 12.6 Å². The lowest BCUT2D eigenvalue weighted by molar-refractivity contribution is 0.269. The van der Waals surface area contributed by atoms with Gasteiger partial charge in [0.05, 0.1) is 43.9 Å². The molecule has 2 heterocycles. The molecule has 4 N–H and O–H groups in total. The van der Waals surface area contributed by atoms with E-state index in [4.69, 9.17) is 28.3 Å². The molecule has 0 spiro atoms. The van der Waals surface area contributed by atoms with Gasteiger partial charge in [-0.15, -0.1) is 0 Å². The van der Waals surface area contributed by atoms with E-state index >= 15 is 0 Å². The number of nitrogens with zero attached hydrogens (tertiary/aromatic N) is 4. The summed E-state index contributed by atoms with van der Waals surface area (Å²) in [6.07, 6.45) is 4.78. The lowest BCUT2D eigenvalue weighted by atomic mass is 10.1. The Balaban J connectivity index is 1.79. The molecule has 27 heavy (non-hydrogen) atoms. The van der Waals surface area contributed by atoms with Gasteiger partial charge in [0.2, 0.25) is 5.95 Å². The van der Waals surface area contributed by atoms with Crippen molar-refractivity contribution in [2.24, 2.45) is 0 Å². The van der Waals surface area contributed by atoms with Gasteiger partial charge in [-0.2, -0.15) is 10.1 Å². The molecule has 0 amide bonds. The van der Waals surface area contributed by atoms with Gasteiger partial charge in [0, 0.05) is 11.2 Å². The van der Waals surface area contributed by atoms with Crippen LogP contribution in [-0.2, 0) is 6.54 Å². The predicted octanol–water partition coefficient (Wildman–Crippen LogP) is 2.86. The highest BCUT2D eigenvalue weighted by atomic mass is 35.5. The first-order valence-corrected chi connectivity index (χ1v) is 8.91. The molecule has 142 valence electrons. The van der Waals surface area contributed by atoms with Crippen LogP contribution < -0.4 is 10.6 Å². The van der Waals surface area contributed by atoms with E-state index < -0.39 is 6.04 Å². The minimum Gasteiger partial charge on any atom is -0.394 e. The van der Waals surface area contributed by atoms with Gasteiger partial charge in [-0.1, -0.05) is 41.4 Å². The molecule has 0 saturated carbocycles. The summed E-state index contributed by atoms with van der Waals surface area (Å²) in [6, 6.07) is 6.74. The average Bonchev–Trinajstić information content (AvgIpc) is 3.10. The highest BCUT2D eigenvalue weighted by molar-refractivity contribution is 6.33. The van der Waals surface area contributed by atoms with Crippen LogP contribution in [-0.4, -0.2) is 43.2 Å². The summed E-state index contributed by atoms with van der Waals surface area (Å²) in [6.45, 7) is 0.198. The largest absolute Gasteiger partial charge is 0.394 e. The molecule has 0 aliphatic rings. The van der Waals surface area contributed by atoms with E-state index in [1.807, 2.05) is 18.2 Å². The van der Waals surface area contributed by atoms with Crippen LogP contribution in [0.15, 0.2) is 42.9 Å². The highest BCUT2D eigenvalue weighted by Gasteiger charge is 2.16. The first-order chi connectivity index (χ1) is 13.1. The zero-order valence-electron chi connectivity index (χ0n) is 14.2. The van der Waals surface area contributed by atoms with Crippen molar-refractivity contribution < 1.29 is 10.2 Å². The molecular formula is C17H18Cl2N6O2. The third-order valence-corrected chi connectivity index (χ3v) is 4.36. The molecule has 0 radical (unpaired) electrons. The molecule has 0 fully saturated rings. The maximum atomic E-state index is 9.76. The summed E-state index contributed by atoms with van der Waals surface area (Å²) in [4.78, 5) is 8.50. The fourth-order valence-corrected chi connectivity index (χ4v) is 2.87. The summed E-state index contributed by atoms with van der Waals surface area (Å²) in [5, 5.41) is 29.8. The fraction of sp³-hybridized carbons (Fsp3) is 0.235. The van der Waals surface area contributed by atoms with E-state index in [1.54, 1.807) is 23.1 Å². The van der Waals surface area contributed by atoms with Crippen LogP contribution >= 0.6 is 23.2 Å². The van der Waals surface area contributed by atoms with E-state index in [2.05, 4.69) is 25.7 Å². The Bertz CT molecular complexity index is 905. The summed E-state index contributed by atoms with van der Waals surface area (Å²) in [5.74, 6) is 0.664. The monoisotopic (exact) mass is 408 g/mol. The first kappa shape index (κ1) is 19.4. The molecule has 8 nitrogen and oxygen atoms in total. The quantitative estimate of drug-likeness (QED) is 0.453. The van der Waals surface area contributed by atoms with Gasteiger partial charge in [-0.25, -0.2) is 4.98 Å². The first-order valence-electron chi connectivity index (χ1n) is 8.15. The number of benzene rings is 1. The van der Waals surface area contributed by atoms with Gasteiger partial charge >= 0.3 is 0 Å². The van der Waals surface area contributed by atoms with Gasteiger partial charge in [0.25, 0.3) is 0 Å². The van der Waals surface area contributed by atoms with Crippen LogP contribution in [0.4, 0.5) is 17.5 Å². The SMILES string of the molecule is OCCn1cc(Nc2ncc(Cl)c(NC(CO)c3ccccc3Cl)n2)cn1. The number of hydrogen-bond donors (Lipinski definition) is 4. The molecule has 0 bridgehead atoms. The number of halogens is 2. The number of aliphatic hydroxyl groups is 2.